The summed E-state index contributed by atoms with van der Waals surface area (Å²) in [4.78, 5) is 26.7. The molecule has 3 rings (SSSR count). The van der Waals surface area contributed by atoms with Crippen molar-refractivity contribution in [1.82, 2.24) is 0 Å². The molecule has 1 unspecified atom stereocenters. The van der Waals surface area contributed by atoms with Crippen LogP contribution in [0.3, 0.4) is 0 Å². The maximum Gasteiger partial charge on any atom is 0.239 e. The first-order valence-corrected chi connectivity index (χ1v) is 8.94. The van der Waals surface area contributed by atoms with Crippen LogP contribution in [0.1, 0.15) is 12.0 Å². The van der Waals surface area contributed by atoms with Crippen LogP contribution in [0.2, 0.25) is 5.02 Å². The van der Waals surface area contributed by atoms with Gasteiger partial charge in [-0.15, -0.1) is 0 Å². The van der Waals surface area contributed by atoms with Crippen LogP contribution in [0.5, 0.6) is 0 Å². The molecule has 1 fully saturated rings. The molecule has 0 aromatic heterocycles. The predicted molar refractivity (Wildman–Crippen MR) is 101 cm³/mol. The molecule has 0 aliphatic carbocycles. The largest absolute Gasteiger partial charge is 0.392 e. The van der Waals surface area contributed by atoms with Crippen molar-refractivity contribution in [2.24, 2.45) is 5.92 Å². The number of amides is 2. The second-order valence-electron chi connectivity index (χ2n) is 5.76. The molecular weight excluding hydrogens is 408 g/mol. The Morgan fingerprint density at radius 1 is 1.32 bits per heavy atom. The van der Waals surface area contributed by atoms with E-state index in [1.54, 1.807) is 23.1 Å². The Morgan fingerprint density at radius 3 is 2.80 bits per heavy atom. The monoisotopic (exact) mass is 422 g/mol. The number of carbonyl (C=O) groups excluding carboxylic acids is 2. The lowest BCUT2D eigenvalue weighted by Crippen LogP contribution is -2.33. The molecule has 0 spiro atoms. The van der Waals surface area contributed by atoms with Gasteiger partial charge in [-0.2, -0.15) is 0 Å². The van der Waals surface area contributed by atoms with Crippen LogP contribution in [0, 0.1) is 5.92 Å². The summed E-state index contributed by atoms with van der Waals surface area (Å²) in [6.07, 6.45) is 0.458. The third kappa shape index (κ3) is 3.86. The minimum atomic E-state index is -0.727. The number of halogens is 2. The SMILES string of the molecule is O=C(Nc1ccc(CO)c(Cl)c1)C1CCN(c2cccc(Br)c2)C1=O. The van der Waals surface area contributed by atoms with Crippen LogP contribution in [0.15, 0.2) is 46.9 Å². The number of hydrogen-bond donors (Lipinski definition) is 2. The molecule has 0 bridgehead atoms. The maximum absolute atomic E-state index is 12.6. The second-order valence-corrected chi connectivity index (χ2v) is 7.09. The number of hydrogen-bond acceptors (Lipinski definition) is 3. The van der Waals surface area contributed by atoms with Crippen molar-refractivity contribution in [3.05, 3.63) is 57.5 Å². The normalized spacial score (nSPS) is 17.0. The van der Waals surface area contributed by atoms with Crippen LogP contribution in [0.4, 0.5) is 11.4 Å². The number of nitrogens with one attached hydrogen (secondary N) is 1. The third-order valence-corrected chi connectivity index (χ3v) is 4.98. The first-order valence-electron chi connectivity index (χ1n) is 7.76. The second kappa shape index (κ2) is 7.56. The smallest absolute Gasteiger partial charge is 0.239 e. The van der Waals surface area contributed by atoms with Crippen molar-refractivity contribution < 1.29 is 14.7 Å². The molecule has 0 saturated carbocycles. The van der Waals surface area contributed by atoms with Crippen molar-refractivity contribution in [3.63, 3.8) is 0 Å². The van der Waals surface area contributed by atoms with Gasteiger partial charge in [0.2, 0.25) is 11.8 Å². The zero-order valence-corrected chi connectivity index (χ0v) is 15.5. The topological polar surface area (TPSA) is 69.6 Å². The number of anilines is 2. The molecule has 0 radical (unpaired) electrons. The standard InChI is InChI=1S/C18H16BrClN2O3/c19-12-2-1-3-14(8-12)22-7-6-15(18(22)25)17(24)21-13-5-4-11(10-23)16(20)9-13/h1-5,8-9,15,23H,6-7,10H2,(H,21,24). The summed E-state index contributed by atoms with van der Waals surface area (Å²) in [5.41, 5.74) is 1.85. The van der Waals surface area contributed by atoms with Gasteiger partial charge < -0.3 is 15.3 Å². The van der Waals surface area contributed by atoms with Crippen LogP contribution in [0.25, 0.3) is 0 Å². The summed E-state index contributed by atoms with van der Waals surface area (Å²) in [6, 6.07) is 12.3. The number of nitrogens with zero attached hydrogens (tertiary/aromatic N) is 1. The molecule has 2 aromatic rings. The van der Waals surface area contributed by atoms with E-state index < -0.39 is 5.92 Å². The van der Waals surface area contributed by atoms with Crippen molar-refractivity contribution in [2.75, 3.05) is 16.8 Å². The van der Waals surface area contributed by atoms with E-state index in [0.717, 1.165) is 10.2 Å². The van der Waals surface area contributed by atoms with Gasteiger partial charge in [-0.1, -0.05) is 39.7 Å². The predicted octanol–water partition coefficient (Wildman–Crippen LogP) is 3.59. The number of aliphatic hydroxyl groups is 1. The zero-order valence-electron chi connectivity index (χ0n) is 13.2. The number of benzene rings is 2. The van der Waals surface area contributed by atoms with Gasteiger partial charge in [-0.3, -0.25) is 9.59 Å². The zero-order chi connectivity index (χ0) is 18.0. The lowest BCUT2D eigenvalue weighted by Gasteiger charge is -2.17. The Hall–Kier alpha value is -1.89. The van der Waals surface area contributed by atoms with E-state index >= 15 is 0 Å². The fourth-order valence-electron chi connectivity index (χ4n) is 2.81. The van der Waals surface area contributed by atoms with E-state index in [0.29, 0.717) is 29.2 Å². The van der Waals surface area contributed by atoms with E-state index in [9.17, 15) is 9.59 Å². The van der Waals surface area contributed by atoms with Crippen molar-refractivity contribution >= 4 is 50.7 Å². The minimum Gasteiger partial charge on any atom is -0.392 e. The van der Waals surface area contributed by atoms with Crippen molar-refractivity contribution in [1.29, 1.82) is 0 Å². The first kappa shape index (κ1) is 17.9. The molecule has 2 N–H and O–H groups in total. The van der Waals surface area contributed by atoms with E-state index in [4.69, 9.17) is 16.7 Å². The number of aliphatic hydroxyl groups excluding tert-OH is 1. The molecular formula is C18H16BrClN2O3. The Kier molecular flexibility index (Phi) is 5.42. The Bertz CT molecular complexity index is 828. The first-order chi connectivity index (χ1) is 12.0. The minimum absolute atomic E-state index is 0.171. The van der Waals surface area contributed by atoms with E-state index in [-0.39, 0.29) is 18.4 Å². The molecule has 2 aromatic carbocycles. The Balaban J connectivity index is 1.71. The van der Waals surface area contributed by atoms with Gasteiger partial charge in [-0.05, 0) is 42.3 Å². The van der Waals surface area contributed by atoms with E-state index in [2.05, 4.69) is 21.2 Å². The maximum atomic E-state index is 12.6. The van der Waals surface area contributed by atoms with Crippen molar-refractivity contribution in [2.45, 2.75) is 13.0 Å². The molecule has 1 aliphatic heterocycles. The summed E-state index contributed by atoms with van der Waals surface area (Å²) >= 11 is 9.42. The van der Waals surface area contributed by atoms with Gasteiger partial charge in [0.25, 0.3) is 0 Å². The Morgan fingerprint density at radius 2 is 2.12 bits per heavy atom. The summed E-state index contributed by atoms with van der Waals surface area (Å²) in [6.45, 7) is 0.327. The van der Waals surface area contributed by atoms with Crippen LogP contribution < -0.4 is 10.2 Å². The van der Waals surface area contributed by atoms with Gasteiger partial charge in [-0.25, -0.2) is 0 Å². The summed E-state index contributed by atoms with van der Waals surface area (Å²) in [7, 11) is 0. The van der Waals surface area contributed by atoms with Crippen LogP contribution >= 0.6 is 27.5 Å². The average molecular weight is 424 g/mol. The molecule has 25 heavy (non-hydrogen) atoms. The van der Waals surface area contributed by atoms with Gasteiger partial charge in [0.05, 0.1) is 6.61 Å². The fourth-order valence-corrected chi connectivity index (χ4v) is 3.43. The highest BCUT2D eigenvalue weighted by Gasteiger charge is 2.37. The van der Waals surface area contributed by atoms with E-state index in [1.807, 2.05) is 24.3 Å². The average Bonchev–Trinajstić information content (AvgIpc) is 2.96. The van der Waals surface area contributed by atoms with Gasteiger partial charge in [0, 0.05) is 27.4 Å². The van der Waals surface area contributed by atoms with Gasteiger partial charge in [0.1, 0.15) is 5.92 Å². The molecule has 1 saturated heterocycles. The molecule has 130 valence electrons. The lowest BCUT2D eigenvalue weighted by atomic mass is 10.1. The molecule has 1 atom stereocenters. The highest BCUT2D eigenvalue weighted by molar-refractivity contribution is 9.10. The van der Waals surface area contributed by atoms with Gasteiger partial charge >= 0.3 is 0 Å². The third-order valence-electron chi connectivity index (χ3n) is 4.13. The number of carbonyl (C=O) groups is 2. The van der Waals surface area contributed by atoms with Crippen molar-refractivity contribution in [3.8, 4) is 0 Å². The summed E-state index contributed by atoms with van der Waals surface area (Å²) < 4.78 is 0.879. The summed E-state index contributed by atoms with van der Waals surface area (Å²) in [5, 5.41) is 12.2. The lowest BCUT2D eigenvalue weighted by molar-refractivity contribution is -0.129. The molecule has 5 nitrogen and oxygen atoms in total. The molecule has 1 aliphatic rings. The molecule has 2 amide bonds. The molecule has 7 heteroatoms. The highest BCUT2D eigenvalue weighted by Crippen LogP contribution is 2.28. The van der Waals surface area contributed by atoms with Crippen LogP contribution in [-0.2, 0) is 16.2 Å². The number of rotatable bonds is 4. The Labute approximate surface area is 158 Å². The fraction of sp³-hybridized carbons (Fsp3) is 0.222. The van der Waals surface area contributed by atoms with Gasteiger partial charge in [0.15, 0.2) is 0 Å². The van der Waals surface area contributed by atoms with Crippen LogP contribution in [-0.4, -0.2) is 23.5 Å². The highest BCUT2D eigenvalue weighted by atomic mass is 79.9. The quantitative estimate of drug-likeness (QED) is 0.739. The molecule has 1 heterocycles. The van der Waals surface area contributed by atoms with E-state index in [1.165, 1.54) is 0 Å². The summed E-state index contributed by atoms with van der Waals surface area (Å²) in [5.74, 6) is -1.29.